The Bertz CT molecular complexity index is 592. The van der Waals surface area contributed by atoms with E-state index in [0.717, 1.165) is 13.1 Å². The lowest BCUT2D eigenvalue weighted by atomic mass is 10.1. The van der Waals surface area contributed by atoms with E-state index < -0.39 is 11.7 Å². The van der Waals surface area contributed by atoms with Gasteiger partial charge in [0.05, 0.1) is 12.6 Å². The lowest BCUT2D eigenvalue weighted by molar-refractivity contribution is 0.1000. The van der Waals surface area contributed by atoms with Crippen molar-refractivity contribution in [2.75, 3.05) is 26.2 Å². The minimum Gasteiger partial charge on any atom is -0.366 e. The largest absolute Gasteiger partial charge is 0.366 e. The van der Waals surface area contributed by atoms with Gasteiger partial charge in [0.25, 0.3) is 0 Å². The maximum absolute atomic E-state index is 13.9. The Labute approximate surface area is 121 Å². The second-order valence-electron chi connectivity index (χ2n) is 5.38. The van der Waals surface area contributed by atoms with Crippen LogP contribution in [0.3, 0.4) is 0 Å². The number of piperazine rings is 1. The summed E-state index contributed by atoms with van der Waals surface area (Å²) in [6.45, 7) is 2.92. The van der Waals surface area contributed by atoms with E-state index in [9.17, 15) is 14.0 Å². The van der Waals surface area contributed by atoms with Crippen LogP contribution in [0.25, 0.3) is 0 Å². The van der Waals surface area contributed by atoms with Crippen molar-refractivity contribution < 1.29 is 14.0 Å². The minimum absolute atomic E-state index is 0.0784. The minimum atomic E-state index is -0.606. The van der Waals surface area contributed by atoms with Gasteiger partial charge in [0, 0.05) is 37.3 Å². The number of nitrogens with one attached hydrogen (secondary N) is 1. The fourth-order valence-electron chi connectivity index (χ4n) is 2.88. The summed E-state index contributed by atoms with van der Waals surface area (Å²) < 4.78 is 13.9. The number of fused-ring (bicyclic) bond motifs is 1. The topological polar surface area (TPSA) is 78.7 Å². The number of benzene rings is 1. The smallest absolute Gasteiger partial charge is 0.320 e. The first-order valence-corrected chi connectivity index (χ1v) is 6.91. The molecule has 3 amide bonds. The van der Waals surface area contributed by atoms with Gasteiger partial charge in [0.15, 0.2) is 0 Å². The van der Waals surface area contributed by atoms with Crippen LogP contribution in [-0.2, 0) is 6.54 Å². The highest BCUT2D eigenvalue weighted by atomic mass is 19.1. The van der Waals surface area contributed by atoms with Gasteiger partial charge in [-0.1, -0.05) is 0 Å². The Morgan fingerprint density at radius 2 is 2.29 bits per heavy atom. The molecular formula is C14H17FN4O2. The van der Waals surface area contributed by atoms with E-state index in [1.807, 2.05) is 4.90 Å². The molecule has 7 heteroatoms. The molecule has 2 aliphatic rings. The van der Waals surface area contributed by atoms with Crippen LogP contribution in [0, 0.1) is 5.82 Å². The highest BCUT2D eigenvalue weighted by Crippen LogP contribution is 2.21. The summed E-state index contributed by atoms with van der Waals surface area (Å²) in [5.74, 6) is -1.04. The Morgan fingerprint density at radius 1 is 1.48 bits per heavy atom. The summed E-state index contributed by atoms with van der Waals surface area (Å²) in [5.41, 5.74) is 5.77. The highest BCUT2D eigenvalue weighted by Gasteiger charge is 2.38. The van der Waals surface area contributed by atoms with E-state index in [1.54, 1.807) is 4.90 Å². The number of urea groups is 1. The molecule has 3 rings (SSSR count). The van der Waals surface area contributed by atoms with Crippen LogP contribution >= 0.6 is 0 Å². The number of nitrogens with zero attached hydrogens (tertiary/aromatic N) is 2. The van der Waals surface area contributed by atoms with Crippen LogP contribution in [0.1, 0.15) is 15.9 Å². The number of amides is 3. The molecule has 2 fully saturated rings. The van der Waals surface area contributed by atoms with Crippen molar-refractivity contribution in [2.45, 2.75) is 12.6 Å². The van der Waals surface area contributed by atoms with Crippen LogP contribution in [0.15, 0.2) is 18.2 Å². The molecule has 21 heavy (non-hydrogen) atoms. The quantitative estimate of drug-likeness (QED) is 0.831. The van der Waals surface area contributed by atoms with E-state index in [2.05, 4.69) is 5.32 Å². The van der Waals surface area contributed by atoms with Crippen molar-refractivity contribution in [3.63, 3.8) is 0 Å². The average Bonchev–Trinajstić information content (AvgIpc) is 2.78. The number of nitrogens with two attached hydrogens (primary N) is 1. The van der Waals surface area contributed by atoms with Crippen molar-refractivity contribution >= 4 is 11.9 Å². The third-order valence-electron chi connectivity index (χ3n) is 3.99. The van der Waals surface area contributed by atoms with Gasteiger partial charge in [-0.05, 0) is 18.2 Å². The van der Waals surface area contributed by atoms with E-state index in [-0.39, 0.29) is 24.2 Å². The van der Waals surface area contributed by atoms with Crippen molar-refractivity contribution in [1.29, 1.82) is 0 Å². The highest BCUT2D eigenvalue weighted by molar-refractivity contribution is 5.92. The van der Waals surface area contributed by atoms with Gasteiger partial charge in [-0.2, -0.15) is 0 Å². The van der Waals surface area contributed by atoms with Gasteiger partial charge in [0.2, 0.25) is 5.91 Å². The number of halogens is 1. The molecule has 2 aliphatic heterocycles. The van der Waals surface area contributed by atoms with Crippen LogP contribution in [-0.4, -0.2) is 54.0 Å². The summed E-state index contributed by atoms with van der Waals surface area (Å²) >= 11 is 0. The number of primary amides is 1. The Balaban J connectivity index is 1.79. The normalized spacial score (nSPS) is 21.6. The molecule has 6 nitrogen and oxygen atoms in total. The summed E-state index contributed by atoms with van der Waals surface area (Å²) in [6.07, 6.45) is 0. The Morgan fingerprint density at radius 3 is 3.00 bits per heavy atom. The summed E-state index contributed by atoms with van der Waals surface area (Å²) in [4.78, 5) is 26.9. The number of hydrogen-bond acceptors (Lipinski definition) is 3. The number of hydrogen-bond donors (Lipinski definition) is 2. The van der Waals surface area contributed by atoms with Crippen molar-refractivity contribution in [3.8, 4) is 0 Å². The molecule has 0 bridgehead atoms. The van der Waals surface area contributed by atoms with E-state index in [0.29, 0.717) is 18.7 Å². The third kappa shape index (κ3) is 2.56. The van der Waals surface area contributed by atoms with Gasteiger partial charge >= 0.3 is 6.03 Å². The maximum Gasteiger partial charge on any atom is 0.320 e. The molecule has 2 saturated heterocycles. The molecule has 1 atom stereocenters. The number of rotatable bonds is 3. The molecule has 0 aromatic heterocycles. The molecule has 3 N–H and O–H groups in total. The first-order valence-electron chi connectivity index (χ1n) is 6.91. The van der Waals surface area contributed by atoms with Gasteiger partial charge < -0.3 is 20.9 Å². The molecule has 1 unspecified atom stereocenters. The summed E-state index contributed by atoms with van der Waals surface area (Å²) in [6, 6.07) is 4.03. The van der Waals surface area contributed by atoms with Crippen LogP contribution in [0.2, 0.25) is 0 Å². The van der Waals surface area contributed by atoms with E-state index in [1.165, 1.54) is 18.2 Å². The standard InChI is InChI=1S/C14H17FN4O2/c15-12-2-1-9(13(16)20)5-10(12)7-18-8-11-6-17-3-4-19(11)14(18)21/h1-2,5,11,17H,3-4,6-8H2,(H2,16,20). The number of carbonyl (C=O) groups excluding carboxylic acids is 2. The van der Waals surface area contributed by atoms with Gasteiger partial charge in [-0.3, -0.25) is 4.79 Å². The summed E-state index contributed by atoms with van der Waals surface area (Å²) in [5, 5.41) is 3.24. The monoisotopic (exact) mass is 292 g/mol. The molecule has 0 aliphatic carbocycles. The SMILES string of the molecule is NC(=O)c1ccc(F)c(CN2CC3CNCCN3C2=O)c1. The molecular weight excluding hydrogens is 275 g/mol. The van der Waals surface area contributed by atoms with Crippen LogP contribution < -0.4 is 11.1 Å². The Hall–Kier alpha value is -2.15. The zero-order valence-corrected chi connectivity index (χ0v) is 11.5. The maximum atomic E-state index is 13.9. The molecule has 112 valence electrons. The molecule has 2 heterocycles. The number of carbonyl (C=O) groups is 2. The second kappa shape index (κ2) is 5.33. The second-order valence-corrected chi connectivity index (χ2v) is 5.38. The predicted molar refractivity (Wildman–Crippen MR) is 74.1 cm³/mol. The molecule has 0 radical (unpaired) electrons. The van der Waals surface area contributed by atoms with Gasteiger partial charge in [0.1, 0.15) is 5.82 Å². The molecule has 0 spiro atoms. The Kier molecular flexibility index (Phi) is 3.50. The van der Waals surface area contributed by atoms with Crippen molar-refractivity contribution in [3.05, 3.63) is 35.1 Å². The summed E-state index contributed by atoms with van der Waals surface area (Å²) in [7, 11) is 0. The van der Waals surface area contributed by atoms with E-state index >= 15 is 0 Å². The van der Waals surface area contributed by atoms with E-state index in [4.69, 9.17) is 5.73 Å². The fourth-order valence-corrected chi connectivity index (χ4v) is 2.88. The van der Waals surface area contributed by atoms with Crippen LogP contribution in [0.4, 0.5) is 9.18 Å². The first kappa shape index (κ1) is 13.8. The zero-order valence-electron chi connectivity index (χ0n) is 11.5. The van der Waals surface area contributed by atoms with Gasteiger partial charge in [-0.15, -0.1) is 0 Å². The zero-order chi connectivity index (χ0) is 15.0. The molecule has 0 saturated carbocycles. The average molecular weight is 292 g/mol. The fraction of sp³-hybridized carbons (Fsp3) is 0.429. The van der Waals surface area contributed by atoms with Crippen molar-refractivity contribution in [1.82, 2.24) is 15.1 Å². The predicted octanol–water partition coefficient (Wildman–Crippen LogP) is 0.134. The third-order valence-corrected chi connectivity index (χ3v) is 3.99. The first-order chi connectivity index (χ1) is 10.1. The van der Waals surface area contributed by atoms with Gasteiger partial charge in [-0.25, -0.2) is 9.18 Å². The lowest BCUT2D eigenvalue weighted by Crippen LogP contribution is -2.49. The van der Waals surface area contributed by atoms with Crippen LogP contribution in [0.5, 0.6) is 0 Å². The molecule has 1 aromatic rings. The molecule has 1 aromatic carbocycles. The lowest BCUT2D eigenvalue weighted by Gasteiger charge is -2.28. The van der Waals surface area contributed by atoms with Crippen molar-refractivity contribution in [2.24, 2.45) is 5.73 Å².